The van der Waals surface area contributed by atoms with E-state index in [4.69, 9.17) is 4.74 Å². The van der Waals surface area contributed by atoms with Gasteiger partial charge in [0.05, 0.1) is 6.10 Å². The van der Waals surface area contributed by atoms with Crippen molar-refractivity contribution in [3.8, 4) is 0 Å². The molecule has 5 nitrogen and oxygen atoms in total. The first kappa shape index (κ1) is 15.7. The van der Waals surface area contributed by atoms with Crippen LogP contribution in [0.25, 0.3) is 0 Å². The number of hydrogen-bond acceptors (Lipinski definition) is 4. The molecule has 2 rings (SSSR count). The lowest BCUT2D eigenvalue weighted by Gasteiger charge is -2.35. The third-order valence-electron chi connectivity index (χ3n) is 4.36. The Morgan fingerprint density at radius 3 is 2.80 bits per heavy atom. The van der Waals surface area contributed by atoms with E-state index in [-0.39, 0.29) is 0 Å². The number of carbonyl (C=O) groups is 1. The van der Waals surface area contributed by atoms with Gasteiger partial charge in [0, 0.05) is 25.7 Å². The van der Waals surface area contributed by atoms with E-state index in [2.05, 4.69) is 10.2 Å². The lowest BCUT2D eigenvalue weighted by atomic mass is 9.96. The van der Waals surface area contributed by atoms with Gasteiger partial charge in [0.2, 0.25) is 0 Å². The number of nitrogens with one attached hydrogen (secondary N) is 1. The van der Waals surface area contributed by atoms with Crippen LogP contribution >= 0.6 is 0 Å². The summed E-state index contributed by atoms with van der Waals surface area (Å²) < 4.78 is 5.69. The number of hydrogen-bond donors (Lipinski definition) is 2. The van der Waals surface area contributed by atoms with E-state index >= 15 is 0 Å². The van der Waals surface area contributed by atoms with Crippen LogP contribution in [0.15, 0.2) is 0 Å². The average molecular weight is 284 g/mol. The van der Waals surface area contributed by atoms with Crippen molar-refractivity contribution in [3.05, 3.63) is 0 Å². The van der Waals surface area contributed by atoms with Crippen LogP contribution in [-0.2, 0) is 9.53 Å². The molecule has 0 aromatic heterocycles. The minimum absolute atomic E-state index is 0.321. The molecule has 2 N–H and O–H groups in total. The van der Waals surface area contributed by atoms with Gasteiger partial charge in [-0.15, -0.1) is 0 Å². The minimum atomic E-state index is -0.792. The molecule has 20 heavy (non-hydrogen) atoms. The highest BCUT2D eigenvalue weighted by molar-refractivity contribution is 5.78. The summed E-state index contributed by atoms with van der Waals surface area (Å²) in [5, 5.41) is 12.8. The van der Waals surface area contributed by atoms with Crippen LogP contribution < -0.4 is 5.32 Å². The zero-order valence-corrected chi connectivity index (χ0v) is 12.7. The molecular formula is C15H28N2O3. The van der Waals surface area contributed by atoms with Crippen LogP contribution in [0.1, 0.15) is 46.0 Å². The molecule has 1 heterocycles. The van der Waals surface area contributed by atoms with Crippen molar-refractivity contribution in [2.45, 2.75) is 63.6 Å². The fourth-order valence-corrected chi connectivity index (χ4v) is 2.89. The Labute approximate surface area is 121 Å². The molecule has 1 saturated carbocycles. The number of piperidine rings is 1. The molecule has 0 aromatic rings. The highest BCUT2D eigenvalue weighted by Gasteiger charge is 2.38. The molecule has 0 amide bonds. The molecule has 1 aliphatic carbocycles. The van der Waals surface area contributed by atoms with Gasteiger partial charge in [0.15, 0.2) is 0 Å². The van der Waals surface area contributed by atoms with Crippen molar-refractivity contribution >= 4 is 5.97 Å². The second kappa shape index (κ2) is 6.87. The number of aliphatic carboxylic acids is 1. The first-order chi connectivity index (χ1) is 9.53. The Hall–Kier alpha value is -0.650. The largest absolute Gasteiger partial charge is 0.480 e. The smallest absolute Gasteiger partial charge is 0.323 e. The SMILES string of the molecule is CCOC1CCCN(CCC(C)(NC2CC2)C(=O)O)C1. The number of carboxylic acids is 1. The van der Waals surface area contributed by atoms with Gasteiger partial charge in [-0.25, -0.2) is 0 Å². The van der Waals surface area contributed by atoms with Crippen molar-refractivity contribution in [3.63, 3.8) is 0 Å². The van der Waals surface area contributed by atoms with E-state index < -0.39 is 11.5 Å². The molecule has 0 aromatic carbocycles. The molecule has 2 atom stereocenters. The van der Waals surface area contributed by atoms with E-state index in [9.17, 15) is 9.90 Å². The second-order valence-electron chi connectivity index (χ2n) is 6.33. The highest BCUT2D eigenvalue weighted by Crippen LogP contribution is 2.25. The van der Waals surface area contributed by atoms with Crippen LogP contribution in [0.2, 0.25) is 0 Å². The molecule has 2 fully saturated rings. The van der Waals surface area contributed by atoms with Crippen molar-refractivity contribution in [2.75, 3.05) is 26.2 Å². The zero-order valence-electron chi connectivity index (χ0n) is 12.7. The van der Waals surface area contributed by atoms with E-state index in [1.165, 1.54) is 0 Å². The maximum atomic E-state index is 11.5. The topological polar surface area (TPSA) is 61.8 Å². The van der Waals surface area contributed by atoms with Gasteiger partial charge in [0.25, 0.3) is 0 Å². The Kier molecular flexibility index (Phi) is 5.41. The fourth-order valence-electron chi connectivity index (χ4n) is 2.89. The number of carboxylic acid groups (broad SMARTS) is 1. The van der Waals surface area contributed by atoms with E-state index in [0.717, 1.165) is 51.9 Å². The average Bonchev–Trinajstić information content (AvgIpc) is 3.21. The van der Waals surface area contributed by atoms with Gasteiger partial charge in [-0.05, 0) is 52.5 Å². The van der Waals surface area contributed by atoms with Crippen LogP contribution in [-0.4, -0.2) is 59.9 Å². The monoisotopic (exact) mass is 284 g/mol. The predicted octanol–water partition coefficient (Wildman–Crippen LogP) is 1.47. The number of likely N-dealkylation sites (tertiary alicyclic amines) is 1. The molecule has 1 aliphatic heterocycles. The molecular weight excluding hydrogens is 256 g/mol. The number of rotatable bonds is 8. The molecule has 1 saturated heterocycles. The first-order valence-electron chi connectivity index (χ1n) is 7.88. The van der Waals surface area contributed by atoms with Crippen LogP contribution in [0.4, 0.5) is 0 Å². The maximum Gasteiger partial charge on any atom is 0.323 e. The van der Waals surface area contributed by atoms with Crippen LogP contribution in [0.3, 0.4) is 0 Å². The molecule has 0 spiro atoms. The lowest BCUT2D eigenvalue weighted by molar-refractivity contribution is -0.144. The van der Waals surface area contributed by atoms with Crippen molar-refractivity contribution < 1.29 is 14.6 Å². The summed E-state index contributed by atoms with van der Waals surface area (Å²) in [4.78, 5) is 13.9. The van der Waals surface area contributed by atoms with E-state index in [1.54, 1.807) is 0 Å². The standard InChI is InChI=1S/C15H28N2O3/c1-3-20-13-5-4-9-17(11-13)10-8-15(2,14(18)19)16-12-6-7-12/h12-13,16H,3-11H2,1-2H3,(H,18,19). The molecule has 0 bridgehead atoms. The molecule has 2 aliphatic rings. The minimum Gasteiger partial charge on any atom is -0.480 e. The number of nitrogens with zero attached hydrogens (tertiary/aromatic N) is 1. The van der Waals surface area contributed by atoms with Gasteiger partial charge in [-0.3, -0.25) is 10.1 Å². The quantitative estimate of drug-likeness (QED) is 0.707. The third kappa shape index (κ3) is 4.43. The summed E-state index contributed by atoms with van der Waals surface area (Å²) in [7, 11) is 0. The molecule has 0 radical (unpaired) electrons. The van der Waals surface area contributed by atoms with Gasteiger partial charge in [0.1, 0.15) is 5.54 Å². The Balaban J connectivity index is 1.80. The summed E-state index contributed by atoms with van der Waals surface area (Å²) >= 11 is 0. The second-order valence-corrected chi connectivity index (χ2v) is 6.33. The van der Waals surface area contributed by atoms with Crippen LogP contribution in [0, 0.1) is 0 Å². The molecule has 5 heteroatoms. The van der Waals surface area contributed by atoms with Crippen molar-refractivity contribution in [1.82, 2.24) is 10.2 Å². The van der Waals surface area contributed by atoms with Crippen molar-refractivity contribution in [1.29, 1.82) is 0 Å². The normalized spacial score (nSPS) is 27.2. The summed E-state index contributed by atoms with van der Waals surface area (Å²) in [6.45, 7) is 7.42. The summed E-state index contributed by atoms with van der Waals surface area (Å²) in [5.41, 5.74) is -0.792. The lowest BCUT2D eigenvalue weighted by Crippen LogP contribution is -2.53. The Bertz CT molecular complexity index is 331. The molecule has 116 valence electrons. The summed E-state index contributed by atoms with van der Waals surface area (Å²) in [6, 6.07) is 0.411. The van der Waals surface area contributed by atoms with Crippen LogP contribution in [0.5, 0.6) is 0 Å². The third-order valence-corrected chi connectivity index (χ3v) is 4.36. The van der Waals surface area contributed by atoms with Crippen molar-refractivity contribution in [2.24, 2.45) is 0 Å². The first-order valence-corrected chi connectivity index (χ1v) is 7.88. The number of ether oxygens (including phenoxy) is 1. The summed E-state index contributed by atoms with van der Waals surface area (Å²) in [6.07, 6.45) is 5.46. The fraction of sp³-hybridized carbons (Fsp3) is 0.933. The zero-order chi connectivity index (χ0) is 14.6. The van der Waals surface area contributed by atoms with Gasteiger partial charge < -0.3 is 14.7 Å². The van der Waals surface area contributed by atoms with Gasteiger partial charge >= 0.3 is 5.97 Å². The molecule has 2 unspecified atom stereocenters. The van der Waals surface area contributed by atoms with Gasteiger partial charge in [-0.2, -0.15) is 0 Å². The highest BCUT2D eigenvalue weighted by atomic mass is 16.5. The summed E-state index contributed by atoms with van der Waals surface area (Å²) in [5.74, 6) is -0.734. The Morgan fingerprint density at radius 2 is 2.20 bits per heavy atom. The van der Waals surface area contributed by atoms with E-state index in [1.807, 2.05) is 13.8 Å². The van der Waals surface area contributed by atoms with E-state index in [0.29, 0.717) is 18.6 Å². The maximum absolute atomic E-state index is 11.5. The Morgan fingerprint density at radius 1 is 1.45 bits per heavy atom. The predicted molar refractivity (Wildman–Crippen MR) is 77.9 cm³/mol. The van der Waals surface area contributed by atoms with Gasteiger partial charge in [-0.1, -0.05) is 0 Å².